The Bertz CT molecular complexity index is 1060. The van der Waals surface area contributed by atoms with Gasteiger partial charge in [-0.25, -0.2) is 4.79 Å². The number of urea groups is 1. The van der Waals surface area contributed by atoms with E-state index >= 15 is 0 Å². The SMILES string of the molecule is O=C1NC(=O)C2(CCC(C(=O)N3CCN(Cc4nc(-c5ccc(Cl)cc5)no4)CC3)CC2)N1. The Labute approximate surface area is 195 Å². The zero-order valence-electron chi connectivity index (χ0n) is 18.1. The van der Waals surface area contributed by atoms with E-state index in [1.54, 1.807) is 12.1 Å². The molecular weight excluding hydrogens is 448 g/mol. The molecule has 2 aromatic rings. The highest BCUT2D eigenvalue weighted by Gasteiger charge is 2.49. The number of hydrogen-bond donors (Lipinski definition) is 2. The maximum atomic E-state index is 13.0. The Kier molecular flexibility index (Phi) is 5.79. The van der Waals surface area contributed by atoms with Gasteiger partial charge in [-0.15, -0.1) is 0 Å². The predicted molar refractivity (Wildman–Crippen MR) is 118 cm³/mol. The summed E-state index contributed by atoms with van der Waals surface area (Å²) in [5.74, 6) is 0.821. The summed E-state index contributed by atoms with van der Waals surface area (Å²) < 4.78 is 5.40. The average Bonchev–Trinajstić information content (AvgIpc) is 3.38. The number of carbonyl (C=O) groups excluding carboxylic acids is 3. The second kappa shape index (κ2) is 8.75. The van der Waals surface area contributed by atoms with Gasteiger partial charge in [0, 0.05) is 42.7 Å². The second-order valence-electron chi connectivity index (χ2n) is 8.88. The number of imide groups is 1. The minimum Gasteiger partial charge on any atom is -0.340 e. The van der Waals surface area contributed by atoms with E-state index in [9.17, 15) is 14.4 Å². The molecule has 3 fully saturated rings. The lowest BCUT2D eigenvalue weighted by Gasteiger charge is -2.39. The molecule has 0 radical (unpaired) electrons. The number of rotatable bonds is 4. The van der Waals surface area contributed by atoms with Crippen LogP contribution in [0.15, 0.2) is 28.8 Å². The Morgan fingerprint density at radius 2 is 1.82 bits per heavy atom. The van der Waals surface area contributed by atoms with Crippen molar-refractivity contribution in [1.82, 2.24) is 30.6 Å². The zero-order valence-corrected chi connectivity index (χ0v) is 18.8. The van der Waals surface area contributed by atoms with Crippen LogP contribution in [0, 0.1) is 5.92 Å². The highest BCUT2D eigenvalue weighted by Crippen LogP contribution is 2.35. The van der Waals surface area contributed by atoms with Gasteiger partial charge in [0.15, 0.2) is 0 Å². The first-order valence-corrected chi connectivity index (χ1v) is 11.5. The Balaban J connectivity index is 1.10. The molecule has 2 N–H and O–H groups in total. The van der Waals surface area contributed by atoms with Crippen LogP contribution in [0.4, 0.5) is 4.79 Å². The van der Waals surface area contributed by atoms with Crippen LogP contribution in [-0.4, -0.2) is 69.5 Å². The van der Waals surface area contributed by atoms with Crippen LogP contribution in [0.3, 0.4) is 0 Å². The summed E-state index contributed by atoms with van der Waals surface area (Å²) in [5.41, 5.74) is 0.00957. The quantitative estimate of drug-likeness (QED) is 0.651. The smallest absolute Gasteiger partial charge is 0.322 e. The van der Waals surface area contributed by atoms with Crippen LogP contribution in [0.2, 0.25) is 5.02 Å². The molecule has 1 aromatic heterocycles. The van der Waals surface area contributed by atoms with Crippen molar-refractivity contribution in [2.45, 2.75) is 37.8 Å². The van der Waals surface area contributed by atoms with Crippen molar-refractivity contribution in [3.63, 3.8) is 0 Å². The first kappa shape index (κ1) is 21.8. The average molecular weight is 473 g/mol. The molecule has 2 aliphatic heterocycles. The summed E-state index contributed by atoms with van der Waals surface area (Å²) in [4.78, 5) is 45.2. The van der Waals surface area contributed by atoms with Crippen molar-refractivity contribution in [3.05, 3.63) is 35.2 Å². The first-order valence-electron chi connectivity index (χ1n) is 11.2. The van der Waals surface area contributed by atoms with E-state index in [1.807, 2.05) is 17.0 Å². The molecule has 1 saturated carbocycles. The number of piperazine rings is 1. The summed E-state index contributed by atoms with van der Waals surface area (Å²) in [7, 11) is 0. The Morgan fingerprint density at radius 3 is 2.45 bits per heavy atom. The Morgan fingerprint density at radius 1 is 1.12 bits per heavy atom. The van der Waals surface area contributed by atoms with Gasteiger partial charge in [0.25, 0.3) is 5.91 Å². The van der Waals surface area contributed by atoms with Crippen LogP contribution < -0.4 is 10.6 Å². The van der Waals surface area contributed by atoms with Crippen LogP contribution in [0.1, 0.15) is 31.6 Å². The minimum atomic E-state index is -0.832. The highest BCUT2D eigenvalue weighted by atomic mass is 35.5. The van der Waals surface area contributed by atoms with E-state index in [0.717, 1.165) is 18.7 Å². The van der Waals surface area contributed by atoms with E-state index in [1.165, 1.54) is 0 Å². The third-order valence-corrected chi connectivity index (χ3v) is 7.07. The highest BCUT2D eigenvalue weighted by molar-refractivity contribution is 6.30. The summed E-state index contributed by atoms with van der Waals surface area (Å²) in [5, 5.41) is 9.76. The van der Waals surface area contributed by atoms with Gasteiger partial charge in [-0.3, -0.25) is 19.8 Å². The normalized spacial score (nSPS) is 25.8. The van der Waals surface area contributed by atoms with Gasteiger partial charge in [-0.05, 0) is 49.9 Å². The number of nitrogens with one attached hydrogen (secondary N) is 2. The van der Waals surface area contributed by atoms with Gasteiger partial charge in [0.05, 0.1) is 6.54 Å². The summed E-state index contributed by atoms with van der Waals surface area (Å²) in [6.07, 6.45) is 2.19. The molecule has 33 heavy (non-hydrogen) atoms. The predicted octanol–water partition coefficient (Wildman–Crippen LogP) is 1.80. The van der Waals surface area contributed by atoms with Crippen molar-refractivity contribution in [2.24, 2.45) is 5.92 Å². The van der Waals surface area contributed by atoms with E-state index in [0.29, 0.717) is 62.1 Å². The van der Waals surface area contributed by atoms with Crippen molar-refractivity contribution >= 4 is 29.4 Å². The van der Waals surface area contributed by atoms with Gasteiger partial charge in [0.1, 0.15) is 5.54 Å². The fraction of sp³-hybridized carbons (Fsp3) is 0.500. The number of hydrogen-bond acceptors (Lipinski definition) is 7. The van der Waals surface area contributed by atoms with Crippen LogP contribution in [0.5, 0.6) is 0 Å². The fourth-order valence-electron chi connectivity index (χ4n) is 4.85. The fourth-order valence-corrected chi connectivity index (χ4v) is 4.97. The van der Waals surface area contributed by atoms with Crippen LogP contribution in [-0.2, 0) is 16.1 Å². The number of aromatic nitrogens is 2. The first-order chi connectivity index (χ1) is 15.9. The molecule has 3 heterocycles. The maximum absolute atomic E-state index is 13.0. The summed E-state index contributed by atoms with van der Waals surface area (Å²) in [6, 6.07) is 6.83. The van der Waals surface area contributed by atoms with Gasteiger partial charge < -0.3 is 14.7 Å². The Hall–Kier alpha value is -2.98. The molecule has 1 aromatic carbocycles. The summed E-state index contributed by atoms with van der Waals surface area (Å²) >= 11 is 5.93. The van der Waals surface area contributed by atoms with Crippen molar-refractivity contribution < 1.29 is 18.9 Å². The molecule has 174 valence electrons. The van der Waals surface area contributed by atoms with Crippen LogP contribution >= 0.6 is 11.6 Å². The van der Waals surface area contributed by atoms with Crippen molar-refractivity contribution in [2.75, 3.05) is 26.2 Å². The zero-order chi connectivity index (χ0) is 23.0. The number of carbonyl (C=O) groups is 3. The lowest BCUT2D eigenvalue weighted by Crippen LogP contribution is -2.53. The topological polar surface area (TPSA) is 121 Å². The largest absolute Gasteiger partial charge is 0.340 e. The van der Waals surface area contributed by atoms with E-state index in [2.05, 4.69) is 25.7 Å². The standard InChI is InChI=1S/C22H25ClN6O4/c23-16-3-1-14(2-4-16)18-24-17(33-27-18)13-28-9-11-29(12-10-28)19(30)15-5-7-22(8-6-15)20(31)25-21(32)26-22/h1-4,15H,5-13H2,(H2,25,26,31,32). The second-order valence-corrected chi connectivity index (χ2v) is 9.32. The molecule has 10 nitrogen and oxygen atoms in total. The van der Waals surface area contributed by atoms with Crippen LogP contribution in [0.25, 0.3) is 11.4 Å². The van der Waals surface area contributed by atoms with E-state index in [-0.39, 0.29) is 17.7 Å². The molecule has 0 bridgehead atoms. The molecule has 2 saturated heterocycles. The molecule has 11 heteroatoms. The molecule has 3 aliphatic rings. The van der Waals surface area contributed by atoms with Gasteiger partial charge in [-0.1, -0.05) is 16.8 Å². The maximum Gasteiger partial charge on any atom is 0.322 e. The van der Waals surface area contributed by atoms with Gasteiger partial charge in [0.2, 0.25) is 17.6 Å². The van der Waals surface area contributed by atoms with Crippen molar-refractivity contribution in [1.29, 1.82) is 0 Å². The monoisotopic (exact) mass is 472 g/mol. The van der Waals surface area contributed by atoms with E-state index < -0.39 is 11.6 Å². The van der Waals surface area contributed by atoms with Crippen molar-refractivity contribution in [3.8, 4) is 11.4 Å². The molecule has 0 unspecified atom stereocenters. The lowest BCUT2D eigenvalue weighted by atomic mass is 9.76. The lowest BCUT2D eigenvalue weighted by molar-refractivity contribution is -0.140. The molecular formula is C22H25ClN6O4. The molecule has 1 spiro atoms. The molecule has 4 amide bonds. The minimum absolute atomic E-state index is 0.106. The third kappa shape index (κ3) is 4.45. The van der Waals surface area contributed by atoms with E-state index in [4.69, 9.17) is 16.1 Å². The number of benzene rings is 1. The number of halogens is 1. The number of amides is 4. The van der Waals surface area contributed by atoms with Gasteiger partial charge in [-0.2, -0.15) is 4.98 Å². The summed E-state index contributed by atoms with van der Waals surface area (Å²) in [6.45, 7) is 3.24. The molecule has 0 atom stereocenters. The molecule has 1 aliphatic carbocycles. The number of nitrogens with zero attached hydrogens (tertiary/aromatic N) is 4. The van der Waals surface area contributed by atoms with Gasteiger partial charge >= 0.3 is 6.03 Å². The molecule has 5 rings (SSSR count). The third-order valence-electron chi connectivity index (χ3n) is 6.82.